The van der Waals surface area contributed by atoms with Crippen LogP contribution in [0.1, 0.15) is 40.5 Å². The topological polar surface area (TPSA) is 15.3 Å². The Labute approximate surface area is 94.7 Å². The van der Waals surface area contributed by atoms with E-state index >= 15 is 0 Å². The Hall–Kier alpha value is -0.340. The fourth-order valence-electron chi connectivity index (χ4n) is 1.82. The number of hydrogen-bond acceptors (Lipinski definition) is 2. The molecule has 0 bridgehead atoms. The van der Waals surface area contributed by atoms with E-state index in [4.69, 9.17) is 0 Å². The van der Waals surface area contributed by atoms with Crippen molar-refractivity contribution in [3.8, 4) is 0 Å². The van der Waals surface area contributed by atoms with E-state index in [-0.39, 0.29) is 5.54 Å². The van der Waals surface area contributed by atoms with Gasteiger partial charge in [0, 0.05) is 30.7 Å². The molecule has 1 saturated carbocycles. The van der Waals surface area contributed by atoms with E-state index in [1.807, 2.05) is 6.08 Å². The molecule has 2 nitrogen and oxygen atoms in total. The van der Waals surface area contributed by atoms with E-state index in [1.54, 1.807) is 0 Å². The van der Waals surface area contributed by atoms with Crippen LogP contribution in [0.5, 0.6) is 0 Å². The molecular weight excluding hydrogens is 184 g/mol. The zero-order chi connectivity index (χ0) is 11.5. The average Bonchev–Trinajstić information content (AvgIpc) is 2.92. The van der Waals surface area contributed by atoms with Crippen molar-refractivity contribution < 1.29 is 0 Å². The zero-order valence-corrected chi connectivity index (χ0v) is 10.7. The summed E-state index contributed by atoms with van der Waals surface area (Å²) in [5.74, 6) is 0. The van der Waals surface area contributed by atoms with E-state index in [0.717, 1.165) is 19.1 Å². The van der Waals surface area contributed by atoms with E-state index in [2.05, 4.69) is 44.5 Å². The van der Waals surface area contributed by atoms with Crippen LogP contribution >= 0.6 is 0 Å². The Bertz CT molecular complexity index is 201. The molecular formula is C13H26N2. The highest BCUT2D eigenvalue weighted by Crippen LogP contribution is 2.28. The number of nitrogens with one attached hydrogen (secondary N) is 1. The van der Waals surface area contributed by atoms with Crippen molar-refractivity contribution in [2.24, 2.45) is 0 Å². The third-order valence-electron chi connectivity index (χ3n) is 2.85. The van der Waals surface area contributed by atoms with E-state index in [1.165, 1.54) is 12.8 Å². The molecule has 0 saturated heterocycles. The number of nitrogens with zero attached hydrogens (tertiary/aromatic N) is 1. The first-order valence-corrected chi connectivity index (χ1v) is 6.05. The van der Waals surface area contributed by atoms with Crippen LogP contribution < -0.4 is 5.32 Å². The van der Waals surface area contributed by atoms with Gasteiger partial charge < -0.3 is 5.32 Å². The Morgan fingerprint density at radius 2 is 2.07 bits per heavy atom. The summed E-state index contributed by atoms with van der Waals surface area (Å²) in [6, 6.07) is 1.43. The van der Waals surface area contributed by atoms with Crippen molar-refractivity contribution in [2.45, 2.75) is 58.2 Å². The third-order valence-corrected chi connectivity index (χ3v) is 2.85. The Morgan fingerprint density at radius 1 is 1.47 bits per heavy atom. The average molecular weight is 210 g/mol. The fourth-order valence-corrected chi connectivity index (χ4v) is 1.82. The van der Waals surface area contributed by atoms with E-state index < -0.39 is 0 Å². The summed E-state index contributed by atoms with van der Waals surface area (Å²) in [5, 5.41) is 3.57. The molecule has 0 aliphatic heterocycles. The number of rotatable bonds is 6. The minimum Gasteiger partial charge on any atom is -0.311 e. The van der Waals surface area contributed by atoms with Crippen LogP contribution in [0.25, 0.3) is 0 Å². The molecule has 1 fully saturated rings. The lowest BCUT2D eigenvalue weighted by molar-refractivity contribution is 0.204. The Morgan fingerprint density at radius 3 is 2.47 bits per heavy atom. The molecule has 15 heavy (non-hydrogen) atoms. The molecule has 0 aromatic heterocycles. The Kier molecular flexibility index (Phi) is 4.35. The van der Waals surface area contributed by atoms with E-state index in [9.17, 15) is 0 Å². The van der Waals surface area contributed by atoms with Gasteiger partial charge in [-0.05, 0) is 40.5 Å². The predicted molar refractivity (Wildman–Crippen MR) is 67.1 cm³/mol. The molecule has 0 radical (unpaired) electrons. The van der Waals surface area contributed by atoms with Crippen molar-refractivity contribution in [3.63, 3.8) is 0 Å². The molecule has 1 rings (SSSR count). The minimum atomic E-state index is 0.220. The molecule has 1 aliphatic rings. The lowest BCUT2D eigenvalue weighted by atomic mass is 10.1. The minimum absolute atomic E-state index is 0.220. The second kappa shape index (κ2) is 5.13. The highest BCUT2D eigenvalue weighted by Gasteiger charge is 2.31. The maximum absolute atomic E-state index is 3.84. The van der Waals surface area contributed by atoms with Crippen molar-refractivity contribution in [2.75, 3.05) is 13.1 Å². The van der Waals surface area contributed by atoms with Gasteiger partial charge in [-0.25, -0.2) is 0 Å². The van der Waals surface area contributed by atoms with Crippen LogP contribution in [-0.4, -0.2) is 35.6 Å². The SMILES string of the molecule is C=CCN(C(C)CNC(C)(C)C)C1CC1. The van der Waals surface area contributed by atoms with Crippen molar-refractivity contribution in [1.82, 2.24) is 10.2 Å². The normalized spacial score (nSPS) is 19.3. The van der Waals surface area contributed by atoms with Gasteiger partial charge in [-0.1, -0.05) is 6.08 Å². The maximum atomic E-state index is 3.84. The maximum Gasteiger partial charge on any atom is 0.0198 e. The molecule has 0 aromatic carbocycles. The summed E-state index contributed by atoms with van der Waals surface area (Å²) in [4.78, 5) is 2.56. The van der Waals surface area contributed by atoms with Crippen LogP contribution in [-0.2, 0) is 0 Å². The summed E-state index contributed by atoms with van der Waals surface area (Å²) in [6.45, 7) is 14.9. The highest BCUT2D eigenvalue weighted by molar-refractivity contribution is 4.92. The van der Waals surface area contributed by atoms with Crippen LogP contribution in [0.3, 0.4) is 0 Å². The molecule has 1 unspecified atom stereocenters. The molecule has 1 N–H and O–H groups in total. The van der Waals surface area contributed by atoms with Crippen LogP contribution in [0.15, 0.2) is 12.7 Å². The first-order valence-electron chi connectivity index (χ1n) is 6.05. The van der Waals surface area contributed by atoms with Gasteiger partial charge in [0.25, 0.3) is 0 Å². The lowest BCUT2D eigenvalue weighted by Gasteiger charge is -2.31. The molecule has 0 spiro atoms. The van der Waals surface area contributed by atoms with Gasteiger partial charge in [-0.2, -0.15) is 0 Å². The quantitative estimate of drug-likeness (QED) is 0.677. The first-order chi connectivity index (χ1) is 6.94. The molecule has 0 aromatic rings. The van der Waals surface area contributed by atoms with Crippen molar-refractivity contribution in [1.29, 1.82) is 0 Å². The largest absolute Gasteiger partial charge is 0.311 e. The van der Waals surface area contributed by atoms with Gasteiger partial charge in [0.1, 0.15) is 0 Å². The smallest absolute Gasteiger partial charge is 0.0198 e. The van der Waals surface area contributed by atoms with Gasteiger partial charge in [0.2, 0.25) is 0 Å². The highest BCUT2D eigenvalue weighted by atomic mass is 15.2. The second-order valence-corrected chi connectivity index (χ2v) is 5.70. The summed E-state index contributed by atoms with van der Waals surface area (Å²) in [5.41, 5.74) is 0.220. The monoisotopic (exact) mass is 210 g/mol. The molecule has 0 amide bonds. The van der Waals surface area contributed by atoms with Gasteiger partial charge >= 0.3 is 0 Å². The molecule has 0 heterocycles. The summed E-state index contributed by atoms with van der Waals surface area (Å²) < 4.78 is 0. The first kappa shape index (κ1) is 12.7. The third kappa shape index (κ3) is 4.80. The molecule has 2 heteroatoms. The fraction of sp³-hybridized carbons (Fsp3) is 0.846. The summed E-state index contributed by atoms with van der Waals surface area (Å²) in [7, 11) is 0. The van der Waals surface area contributed by atoms with Gasteiger partial charge in [-0.3, -0.25) is 4.90 Å². The lowest BCUT2D eigenvalue weighted by Crippen LogP contribution is -2.47. The molecule has 1 atom stereocenters. The Balaban J connectivity index is 2.35. The molecule has 1 aliphatic carbocycles. The zero-order valence-electron chi connectivity index (χ0n) is 10.7. The van der Waals surface area contributed by atoms with E-state index in [0.29, 0.717) is 6.04 Å². The van der Waals surface area contributed by atoms with Crippen LogP contribution in [0.4, 0.5) is 0 Å². The number of hydrogen-bond donors (Lipinski definition) is 1. The molecule has 88 valence electrons. The van der Waals surface area contributed by atoms with Crippen LogP contribution in [0.2, 0.25) is 0 Å². The summed E-state index contributed by atoms with van der Waals surface area (Å²) >= 11 is 0. The van der Waals surface area contributed by atoms with Gasteiger partial charge in [-0.15, -0.1) is 6.58 Å². The second-order valence-electron chi connectivity index (χ2n) is 5.70. The predicted octanol–water partition coefficient (Wildman–Crippen LogP) is 2.41. The van der Waals surface area contributed by atoms with Crippen molar-refractivity contribution >= 4 is 0 Å². The van der Waals surface area contributed by atoms with Crippen LogP contribution in [0, 0.1) is 0 Å². The van der Waals surface area contributed by atoms with Gasteiger partial charge in [0.05, 0.1) is 0 Å². The standard InChI is InChI=1S/C13H26N2/c1-6-9-15(12-7-8-12)11(2)10-14-13(3,4)5/h6,11-12,14H,1,7-10H2,2-5H3. The van der Waals surface area contributed by atoms with Crippen molar-refractivity contribution in [3.05, 3.63) is 12.7 Å². The summed E-state index contributed by atoms with van der Waals surface area (Å²) in [6.07, 6.45) is 4.76. The van der Waals surface area contributed by atoms with Gasteiger partial charge in [0.15, 0.2) is 0 Å².